The highest BCUT2D eigenvalue weighted by molar-refractivity contribution is 9.10. The molecule has 1 atom stereocenters. The molecule has 12 heteroatoms. The second-order valence-electron chi connectivity index (χ2n) is 5.24. The van der Waals surface area contributed by atoms with Gasteiger partial charge in [0, 0.05) is 10.0 Å². The van der Waals surface area contributed by atoms with Crippen molar-refractivity contribution in [1.82, 2.24) is 5.32 Å². The number of carboxylic acids is 1. The van der Waals surface area contributed by atoms with Gasteiger partial charge in [-0.05, 0) is 19.1 Å². The van der Waals surface area contributed by atoms with Gasteiger partial charge in [-0.1, -0.05) is 27.7 Å². The topological polar surface area (TPSA) is 127 Å². The monoisotopic (exact) mass is 475 g/mol. The van der Waals surface area contributed by atoms with Crippen LogP contribution in [0.25, 0.3) is 0 Å². The molecular weight excluding hydrogens is 461 g/mol. The quantitative estimate of drug-likeness (QED) is 0.334. The minimum atomic E-state index is -1.11. The fourth-order valence-electron chi connectivity index (χ4n) is 2.05. The zero-order valence-corrected chi connectivity index (χ0v) is 16.9. The van der Waals surface area contributed by atoms with Gasteiger partial charge in [-0.15, -0.1) is 5.10 Å². The highest BCUT2D eigenvalue weighted by Crippen LogP contribution is 2.27. The van der Waals surface area contributed by atoms with Crippen molar-refractivity contribution < 1.29 is 33.4 Å². The lowest BCUT2D eigenvalue weighted by Gasteiger charge is -2.10. The first-order chi connectivity index (χ1) is 13.3. The minimum absolute atomic E-state index is 0.122. The third kappa shape index (κ3) is 6.30. The van der Waals surface area contributed by atoms with Gasteiger partial charge in [0.05, 0.1) is 19.2 Å². The number of benzene rings is 1. The van der Waals surface area contributed by atoms with Crippen LogP contribution in [0.15, 0.2) is 26.8 Å². The third-order valence-electron chi connectivity index (χ3n) is 3.16. The molecule has 0 radical (unpaired) electrons. The number of nitrogens with zero attached hydrogens (tertiary/aromatic N) is 2. The number of aliphatic carboxylic acids is 1. The Hall–Kier alpha value is -2.47. The van der Waals surface area contributed by atoms with Gasteiger partial charge in [0.15, 0.2) is 23.3 Å². The molecule has 0 aliphatic carbocycles. The summed E-state index contributed by atoms with van der Waals surface area (Å²) in [6.07, 6.45) is 0.834. The second kappa shape index (κ2) is 10.2. The van der Waals surface area contributed by atoms with Crippen molar-refractivity contribution in [1.29, 1.82) is 0 Å². The molecule has 1 saturated heterocycles. The molecule has 150 valence electrons. The zero-order chi connectivity index (χ0) is 20.7. The Bertz CT molecular complexity index is 848. The Kier molecular flexibility index (Phi) is 7.93. The lowest BCUT2D eigenvalue weighted by molar-refractivity contribution is -0.145. The molecule has 1 heterocycles. The summed E-state index contributed by atoms with van der Waals surface area (Å²) in [6.45, 7) is 1.32. The lowest BCUT2D eigenvalue weighted by atomic mass is 10.2. The van der Waals surface area contributed by atoms with Crippen LogP contribution in [0, 0.1) is 5.82 Å². The van der Waals surface area contributed by atoms with Gasteiger partial charge in [0.25, 0.3) is 0 Å². The number of rotatable bonds is 8. The molecule has 2 N–H and O–H groups in total. The van der Waals surface area contributed by atoms with Crippen LogP contribution in [-0.4, -0.2) is 52.8 Å². The molecule has 0 spiro atoms. The van der Waals surface area contributed by atoms with E-state index < -0.39 is 35.5 Å². The summed E-state index contributed by atoms with van der Waals surface area (Å²) in [5.74, 6) is -3.17. The molecular formula is C16H15BrFN3O6S. The summed E-state index contributed by atoms with van der Waals surface area (Å²) in [7, 11) is 0. The highest BCUT2D eigenvalue weighted by Gasteiger charge is 2.32. The molecule has 1 fully saturated rings. The number of halogens is 2. The number of nitrogens with one attached hydrogen (secondary N) is 1. The number of carbonyl (C=O) groups is 3. The number of hydrogen-bond acceptors (Lipinski definition) is 8. The van der Waals surface area contributed by atoms with Crippen LogP contribution in [0.5, 0.6) is 5.75 Å². The van der Waals surface area contributed by atoms with Gasteiger partial charge in [-0.2, -0.15) is 5.10 Å². The van der Waals surface area contributed by atoms with Gasteiger partial charge in [-0.3, -0.25) is 9.59 Å². The van der Waals surface area contributed by atoms with Crippen LogP contribution in [-0.2, 0) is 19.1 Å². The average molecular weight is 476 g/mol. The van der Waals surface area contributed by atoms with E-state index in [0.29, 0.717) is 4.47 Å². The maximum absolute atomic E-state index is 14.2. The summed E-state index contributed by atoms with van der Waals surface area (Å²) in [5, 5.41) is 18.1. The van der Waals surface area contributed by atoms with Crippen molar-refractivity contribution in [2.45, 2.75) is 18.6 Å². The number of esters is 1. The molecule has 1 aromatic rings. The van der Waals surface area contributed by atoms with E-state index in [4.69, 9.17) is 14.6 Å². The predicted octanol–water partition coefficient (Wildman–Crippen LogP) is 1.93. The van der Waals surface area contributed by atoms with Crippen LogP contribution in [0.1, 0.15) is 18.9 Å². The molecule has 2 rings (SSSR count). The fraction of sp³-hybridized carbons (Fsp3) is 0.312. The zero-order valence-electron chi connectivity index (χ0n) is 14.5. The lowest BCUT2D eigenvalue weighted by Crippen LogP contribution is -2.26. The molecule has 28 heavy (non-hydrogen) atoms. The SMILES string of the molecule is CCOC(=O)COc1c(F)cc(Br)cc1C=NN=C1NC(=O)C(CC(=O)O)S1. The Morgan fingerprint density at radius 1 is 1.46 bits per heavy atom. The Morgan fingerprint density at radius 3 is 2.89 bits per heavy atom. The van der Waals surface area contributed by atoms with Crippen molar-refractivity contribution in [2.24, 2.45) is 10.2 Å². The number of carbonyl (C=O) groups excluding carboxylic acids is 2. The van der Waals surface area contributed by atoms with Crippen LogP contribution in [0.3, 0.4) is 0 Å². The summed E-state index contributed by atoms with van der Waals surface area (Å²) in [4.78, 5) is 33.8. The standard InChI is InChI=1S/C16H15BrFN3O6S/c1-2-26-13(24)7-27-14-8(3-9(17)4-10(14)18)6-19-21-16-20-15(25)11(28-16)5-12(22)23/h3-4,6,11H,2,5,7H2,1H3,(H,22,23)(H,20,21,25). The number of amides is 1. The number of carboxylic acid groups (broad SMARTS) is 1. The Morgan fingerprint density at radius 2 is 2.21 bits per heavy atom. The summed E-state index contributed by atoms with van der Waals surface area (Å²) in [6, 6.07) is 2.66. The van der Waals surface area contributed by atoms with Crippen molar-refractivity contribution >= 4 is 56.9 Å². The van der Waals surface area contributed by atoms with E-state index in [1.165, 1.54) is 12.3 Å². The molecule has 1 unspecified atom stereocenters. The van der Waals surface area contributed by atoms with Gasteiger partial charge in [0.2, 0.25) is 5.91 Å². The fourth-order valence-corrected chi connectivity index (χ4v) is 3.41. The van der Waals surface area contributed by atoms with Crippen LogP contribution < -0.4 is 10.1 Å². The van der Waals surface area contributed by atoms with Crippen LogP contribution in [0.4, 0.5) is 4.39 Å². The van der Waals surface area contributed by atoms with E-state index in [-0.39, 0.29) is 29.5 Å². The number of thioether (sulfide) groups is 1. The van der Waals surface area contributed by atoms with Crippen molar-refractivity contribution in [2.75, 3.05) is 13.2 Å². The summed E-state index contributed by atoms with van der Waals surface area (Å²) < 4.78 is 24.5. The van der Waals surface area contributed by atoms with Crippen LogP contribution >= 0.6 is 27.7 Å². The number of amidine groups is 1. The van der Waals surface area contributed by atoms with E-state index in [9.17, 15) is 18.8 Å². The van der Waals surface area contributed by atoms with Gasteiger partial charge in [0.1, 0.15) is 5.25 Å². The first kappa shape index (κ1) is 21.8. The molecule has 9 nitrogen and oxygen atoms in total. The van der Waals surface area contributed by atoms with E-state index in [0.717, 1.165) is 17.8 Å². The summed E-state index contributed by atoms with van der Waals surface area (Å²) in [5.41, 5.74) is 0.192. The van der Waals surface area contributed by atoms with Gasteiger partial charge < -0.3 is 19.9 Å². The van der Waals surface area contributed by atoms with Crippen molar-refractivity contribution in [3.63, 3.8) is 0 Å². The molecule has 1 amide bonds. The first-order valence-corrected chi connectivity index (χ1v) is 9.55. The van der Waals surface area contributed by atoms with Crippen molar-refractivity contribution in [3.05, 3.63) is 28.0 Å². The predicted molar refractivity (Wildman–Crippen MR) is 103 cm³/mol. The molecule has 1 aromatic carbocycles. The molecule has 0 bridgehead atoms. The minimum Gasteiger partial charge on any atom is -0.481 e. The molecule has 1 aliphatic heterocycles. The largest absolute Gasteiger partial charge is 0.481 e. The van der Waals surface area contributed by atoms with E-state index in [2.05, 4.69) is 31.4 Å². The van der Waals surface area contributed by atoms with Gasteiger partial charge >= 0.3 is 11.9 Å². The third-order valence-corrected chi connectivity index (χ3v) is 4.69. The highest BCUT2D eigenvalue weighted by atomic mass is 79.9. The average Bonchev–Trinajstić information content (AvgIpc) is 2.93. The Labute approximate surface area is 171 Å². The number of hydrogen-bond donors (Lipinski definition) is 2. The normalized spacial score (nSPS) is 17.8. The Balaban J connectivity index is 2.13. The summed E-state index contributed by atoms with van der Waals surface area (Å²) >= 11 is 4.08. The number of ether oxygens (including phenoxy) is 2. The van der Waals surface area contributed by atoms with Crippen LogP contribution in [0.2, 0.25) is 0 Å². The van der Waals surface area contributed by atoms with E-state index in [1.807, 2.05) is 0 Å². The first-order valence-electron chi connectivity index (χ1n) is 7.88. The van der Waals surface area contributed by atoms with Crippen molar-refractivity contribution in [3.8, 4) is 5.75 Å². The molecule has 0 saturated carbocycles. The molecule has 1 aliphatic rings. The van der Waals surface area contributed by atoms with E-state index >= 15 is 0 Å². The van der Waals surface area contributed by atoms with E-state index in [1.54, 1.807) is 6.92 Å². The smallest absolute Gasteiger partial charge is 0.344 e. The van der Waals surface area contributed by atoms with Gasteiger partial charge in [-0.25, -0.2) is 9.18 Å². The maximum Gasteiger partial charge on any atom is 0.344 e. The second-order valence-corrected chi connectivity index (χ2v) is 7.35. The maximum atomic E-state index is 14.2. The molecule has 0 aromatic heterocycles.